The minimum absolute atomic E-state index is 0.139. The van der Waals surface area contributed by atoms with E-state index in [1.807, 2.05) is 0 Å². The van der Waals surface area contributed by atoms with Crippen molar-refractivity contribution >= 4 is 17.9 Å². The second-order valence-corrected chi connectivity index (χ2v) is 4.41. The first-order chi connectivity index (χ1) is 10.9. The fraction of sp³-hybridized carbons (Fsp3) is 0.0625. The maximum Gasteiger partial charge on any atom is 0.340 e. The van der Waals surface area contributed by atoms with Crippen LogP contribution < -0.4 is 4.74 Å². The Hall–Kier alpha value is -3.35. The third-order valence-corrected chi connectivity index (χ3v) is 2.95. The summed E-state index contributed by atoms with van der Waals surface area (Å²) < 4.78 is 10.0. The van der Waals surface area contributed by atoms with Gasteiger partial charge < -0.3 is 19.7 Å². The largest absolute Gasteiger partial charge is 0.478 e. The molecule has 23 heavy (non-hydrogen) atoms. The van der Waals surface area contributed by atoms with E-state index in [2.05, 4.69) is 4.74 Å². The highest BCUT2D eigenvalue weighted by molar-refractivity contribution is 6.03. The lowest BCUT2D eigenvalue weighted by molar-refractivity contribution is 0.0599. The highest BCUT2D eigenvalue weighted by Crippen LogP contribution is 2.28. The maximum atomic E-state index is 11.5. The van der Waals surface area contributed by atoms with E-state index in [1.54, 1.807) is 0 Å². The molecular formula is C16H12O7. The summed E-state index contributed by atoms with van der Waals surface area (Å²) in [5.41, 5.74) is -0.640. The number of carboxylic acid groups (broad SMARTS) is 2. The van der Waals surface area contributed by atoms with Crippen LogP contribution in [0.4, 0.5) is 0 Å². The number of carboxylic acids is 2. The van der Waals surface area contributed by atoms with Gasteiger partial charge in [0, 0.05) is 0 Å². The van der Waals surface area contributed by atoms with Crippen LogP contribution in [0.5, 0.6) is 11.5 Å². The average molecular weight is 316 g/mol. The molecule has 7 heteroatoms. The molecule has 0 saturated heterocycles. The molecule has 0 aliphatic carbocycles. The predicted molar refractivity (Wildman–Crippen MR) is 78.2 cm³/mol. The van der Waals surface area contributed by atoms with Gasteiger partial charge in [0.25, 0.3) is 0 Å². The number of hydrogen-bond acceptors (Lipinski definition) is 5. The zero-order valence-electron chi connectivity index (χ0n) is 12.0. The number of ether oxygens (including phenoxy) is 2. The molecule has 2 aromatic carbocycles. The van der Waals surface area contributed by atoms with Crippen LogP contribution >= 0.6 is 0 Å². The lowest BCUT2D eigenvalue weighted by Gasteiger charge is -2.11. The molecule has 118 valence electrons. The second-order valence-electron chi connectivity index (χ2n) is 4.41. The molecule has 2 rings (SSSR count). The van der Waals surface area contributed by atoms with Crippen molar-refractivity contribution in [2.45, 2.75) is 0 Å². The van der Waals surface area contributed by atoms with Crippen LogP contribution in [-0.4, -0.2) is 35.2 Å². The van der Waals surface area contributed by atoms with Gasteiger partial charge in [0.05, 0.1) is 18.2 Å². The molecule has 0 bridgehead atoms. The Morgan fingerprint density at radius 2 is 1.65 bits per heavy atom. The van der Waals surface area contributed by atoms with Crippen molar-refractivity contribution in [2.24, 2.45) is 0 Å². The molecule has 0 aromatic heterocycles. The molecule has 0 aliphatic heterocycles. The zero-order chi connectivity index (χ0) is 17.0. The molecule has 0 aliphatic rings. The van der Waals surface area contributed by atoms with Gasteiger partial charge in [-0.05, 0) is 30.3 Å². The summed E-state index contributed by atoms with van der Waals surface area (Å²) in [6, 6.07) is 9.78. The highest BCUT2D eigenvalue weighted by atomic mass is 16.5. The molecule has 0 saturated carbocycles. The number of methoxy groups -OCH3 is 1. The van der Waals surface area contributed by atoms with Crippen LogP contribution in [0.15, 0.2) is 42.5 Å². The Kier molecular flexibility index (Phi) is 4.61. The first-order valence-electron chi connectivity index (χ1n) is 6.40. The van der Waals surface area contributed by atoms with Gasteiger partial charge in [0.2, 0.25) is 0 Å². The van der Waals surface area contributed by atoms with E-state index in [1.165, 1.54) is 49.6 Å². The first kappa shape index (κ1) is 16.0. The Bertz CT molecular complexity index is 780. The molecule has 0 fully saturated rings. The van der Waals surface area contributed by atoms with Crippen LogP contribution in [0.3, 0.4) is 0 Å². The van der Waals surface area contributed by atoms with Crippen molar-refractivity contribution < 1.29 is 34.1 Å². The molecule has 0 unspecified atom stereocenters. The van der Waals surface area contributed by atoms with Crippen molar-refractivity contribution in [1.29, 1.82) is 0 Å². The minimum atomic E-state index is -1.43. The van der Waals surface area contributed by atoms with E-state index in [0.29, 0.717) is 0 Å². The smallest absolute Gasteiger partial charge is 0.340 e. The van der Waals surface area contributed by atoms with Gasteiger partial charge in [-0.2, -0.15) is 0 Å². The SMILES string of the molecule is COC(=O)c1cccc(Oc2cccc(C(=O)O)c2C(=O)O)c1. The van der Waals surface area contributed by atoms with Crippen LogP contribution in [0.2, 0.25) is 0 Å². The Morgan fingerprint density at radius 1 is 0.957 bits per heavy atom. The van der Waals surface area contributed by atoms with Gasteiger partial charge in [-0.3, -0.25) is 0 Å². The molecule has 0 radical (unpaired) electrons. The van der Waals surface area contributed by atoms with Crippen LogP contribution in [0.25, 0.3) is 0 Å². The zero-order valence-corrected chi connectivity index (χ0v) is 12.0. The summed E-state index contributed by atoms with van der Waals surface area (Å²) in [6.07, 6.45) is 0. The number of carbonyl (C=O) groups is 3. The van der Waals surface area contributed by atoms with E-state index in [4.69, 9.17) is 9.84 Å². The number of aromatic carboxylic acids is 2. The molecule has 2 N–H and O–H groups in total. The molecule has 0 amide bonds. The van der Waals surface area contributed by atoms with Gasteiger partial charge in [-0.1, -0.05) is 12.1 Å². The second kappa shape index (κ2) is 6.61. The summed E-state index contributed by atoms with van der Waals surface area (Å²) in [5, 5.41) is 18.3. The van der Waals surface area contributed by atoms with Gasteiger partial charge in [0.15, 0.2) is 0 Å². The Morgan fingerprint density at radius 3 is 2.26 bits per heavy atom. The minimum Gasteiger partial charge on any atom is -0.478 e. The number of carbonyl (C=O) groups excluding carboxylic acids is 1. The van der Waals surface area contributed by atoms with E-state index in [-0.39, 0.29) is 22.6 Å². The Labute approximate surface area is 130 Å². The topological polar surface area (TPSA) is 110 Å². The number of hydrogen-bond donors (Lipinski definition) is 2. The summed E-state index contributed by atoms with van der Waals surface area (Å²) in [5.74, 6) is -3.34. The lowest BCUT2D eigenvalue weighted by atomic mass is 10.1. The lowest BCUT2D eigenvalue weighted by Crippen LogP contribution is -2.09. The molecule has 2 aromatic rings. The molecule has 7 nitrogen and oxygen atoms in total. The van der Waals surface area contributed by atoms with Crippen molar-refractivity contribution in [3.63, 3.8) is 0 Å². The number of esters is 1. The van der Waals surface area contributed by atoms with Crippen LogP contribution in [0.1, 0.15) is 31.1 Å². The fourth-order valence-corrected chi connectivity index (χ4v) is 1.95. The fourth-order valence-electron chi connectivity index (χ4n) is 1.95. The van der Waals surface area contributed by atoms with Crippen molar-refractivity contribution in [2.75, 3.05) is 7.11 Å². The van der Waals surface area contributed by atoms with Gasteiger partial charge >= 0.3 is 17.9 Å². The average Bonchev–Trinajstić information content (AvgIpc) is 2.53. The normalized spacial score (nSPS) is 9.96. The van der Waals surface area contributed by atoms with Crippen LogP contribution in [0, 0.1) is 0 Å². The van der Waals surface area contributed by atoms with Crippen LogP contribution in [-0.2, 0) is 4.74 Å². The predicted octanol–water partition coefficient (Wildman–Crippen LogP) is 2.66. The first-order valence-corrected chi connectivity index (χ1v) is 6.40. The van der Waals surface area contributed by atoms with Crippen molar-refractivity contribution in [3.05, 3.63) is 59.2 Å². The van der Waals surface area contributed by atoms with Gasteiger partial charge in [0.1, 0.15) is 17.1 Å². The van der Waals surface area contributed by atoms with E-state index in [0.717, 1.165) is 0 Å². The van der Waals surface area contributed by atoms with Gasteiger partial charge in [-0.25, -0.2) is 14.4 Å². The molecular weight excluding hydrogens is 304 g/mol. The molecule has 0 heterocycles. The number of benzene rings is 2. The molecule has 0 atom stereocenters. The van der Waals surface area contributed by atoms with E-state index < -0.39 is 23.5 Å². The standard InChI is InChI=1S/C16H12O7/c1-22-16(21)9-4-2-5-10(8-9)23-12-7-3-6-11(14(17)18)13(12)15(19)20/h2-8H,1H3,(H,17,18)(H,19,20). The third-order valence-electron chi connectivity index (χ3n) is 2.95. The van der Waals surface area contributed by atoms with Crippen molar-refractivity contribution in [3.8, 4) is 11.5 Å². The summed E-state index contributed by atoms with van der Waals surface area (Å²) in [4.78, 5) is 34.0. The molecule has 0 spiro atoms. The van der Waals surface area contributed by atoms with Gasteiger partial charge in [-0.15, -0.1) is 0 Å². The monoisotopic (exact) mass is 316 g/mol. The quantitative estimate of drug-likeness (QED) is 0.816. The summed E-state index contributed by atoms with van der Waals surface area (Å²) in [6.45, 7) is 0. The van der Waals surface area contributed by atoms with E-state index in [9.17, 15) is 19.5 Å². The maximum absolute atomic E-state index is 11.5. The van der Waals surface area contributed by atoms with E-state index >= 15 is 0 Å². The highest BCUT2D eigenvalue weighted by Gasteiger charge is 2.21. The summed E-state index contributed by atoms with van der Waals surface area (Å²) in [7, 11) is 1.23. The summed E-state index contributed by atoms with van der Waals surface area (Å²) >= 11 is 0. The third kappa shape index (κ3) is 3.46. The Balaban J connectivity index is 2.45. The number of rotatable bonds is 5. The van der Waals surface area contributed by atoms with Crippen molar-refractivity contribution in [1.82, 2.24) is 0 Å².